The fourth-order valence-corrected chi connectivity index (χ4v) is 2.60. The molecule has 0 fully saturated rings. The van der Waals surface area contributed by atoms with Crippen LogP contribution in [0, 0.1) is 0 Å². The van der Waals surface area contributed by atoms with Crippen molar-refractivity contribution in [2.45, 2.75) is 6.54 Å². The van der Waals surface area contributed by atoms with Crippen molar-refractivity contribution in [2.24, 2.45) is 0 Å². The fraction of sp³-hybridized carbons (Fsp3) is 0.100. The number of thiazole rings is 1. The summed E-state index contributed by atoms with van der Waals surface area (Å²) in [5.74, 6) is 0. The minimum atomic E-state index is 0.593. The van der Waals surface area contributed by atoms with Gasteiger partial charge in [0, 0.05) is 6.07 Å². The molecule has 1 heterocycles. The molecular weight excluding hydrogens is 237 g/mol. The lowest BCUT2D eigenvalue weighted by Gasteiger charge is -1.93. The molecule has 0 saturated heterocycles. The van der Waals surface area contributed by atoms with E-state index >= 15 is 0 Å². The first-order valence-electron chi connectivity index (χ1n) is 4.09. The van der Waals surface area contributed by atoms with E-state index in [2.05, 4.69) is 11.1 Å². The van der Waals surface area contributed by atoms with Crippen molar-refractivity contribution in [3.8, 4) is 0 Å². The topological polar surface area (TPSA) is 3.88 Å². The van der Waals surface area contributed by atoms with Gasteiger partial charge in [-0.25, -0.2) is 0 Å². The largest absolute Gasteiger partial charge is 0.226 e. The highest BCUT2D eigenvalue weighted by Gasteiger charge is 2.12. The number of nitrogens with zero attached hydrogens (tertiary/aromatic N) is 1. The highest BCUT2D eigenvalue weighted by Crippen LogP contribution is 2.28. The van der Waals surface area contributed by atoms with Crippen LogP contribution in [0.15, 0.2) is 30.3 Å². The molecule has 0 aliphatic heterocycles. The van der Waals surface area contributed by atoms with Gasteiger partial charge in [-0.15, -0.1) is 0 Å². The van der Waals surface area contributed by atoms with Crippen molar-refractivity contribution in [2.75, 3.05) is 0 Å². The summed E-state index contributed by atoms with van der Waals surface area (Å²) in [6.45, 7) is 4.50. The predicted molar refractivity (Wildman–Crippen MR) is 62.2 cm³/mol. The summed E-state index contributed by atoms with van der Waals surface area (Å²) >= 11 is 13.5. The van der Waals surface area contributed by atoms with Crippen LogP contribution in [0.1, 0.15) is 0 Å². The van der Waals surface area contributed by atoms with E-state index in [-0.39, 0.29) is 0 Å². The van der Waals surface area contributed by atoms with Crippen LogP contribution < -0.4 is 4.57 Å². The summed E-state index contributed by atoms with van der Waals surface area (Å²) in [5.41, 5.74) is 3.14. The van der Waals surface area contributed by atoms with E-state index in [1.54, 1.807) is 11.3 Å². The average Bonchev–Trinajstić information content (AvgIpc) is 2.51. The van der Waals surface area contributed by atoms with Gasteiger partial charge in [0.1, 0.15) is 4.70 Å². The molecule has 2 rings (SSSR count). The monoisotopic (exact) mass is 244 g/mol. The maximum absolute atomic E-state index is 5.95. The van der Waals surface area contributed by atoms with Gasteiger partial charge >= 0.3 is 0 Å². The third-order valence-electron chi connectivity index (χ3n) is 1.94. The molecule has 1 nitrogen and oxygen atoms in total. The van der Waals surface area contributed by atoms with Crippen LogP contribution in [0.25, 0.3) is 10.2 Å². The van der Waals surface area contributed by atoms with Crippen LogP contribution in [0.5, 0.6) is 0 Å². The van der Waals surface area contributed by atoms with Crippen molar-refractivity contribution in [3.63, 3.8) is 0 Å². The number of rotatable bonds is 2. The molecule has 0 aliphatic carbocycles. The zero-order valence-electron chi connectivity index (χ0n) is 7.34. The van der Waals surface area contributed by atoms with E-state index < -0.39 is 0 Å². The molecular formula is C10H8Cl2NS+. The van der Waals surface area contributed by atoms with Crippen molar-refractivity contribution in [3.05, 3.63) is 40.3 Å². The first-order chi connectivity index (χ1) is 6.72. The number of allylic oxidation sites excluding steroid dienone is 1. The quantitative estimate of drug-likeness (QED) is 0.561. The van der Waals surface area contributed by atoms with Crippen molar-refractivity contribution < 1.29 is 4.57 Å². The van der Waals surface area contributed by atoms with Gasteiger partial charge < -0.3 is 0 Å². The van der Waals surface area contributed by atoms with Gasteiger partial charge in [-0.2, -0.15) is 4.57 Å². The Balaban J connectivity index is 2.67. The van der Waals surface area contributed by atoms with Gasteiger partial charge in [0.15, 0.2) is 6.54 Å². The highest BCUT2D eigenvalue weighted by molar-refractivity contribution is 7.16. The Bertz CT molecular complexity index is 490. The summed E-state index contributed by atoms with van der Waals surface area (Å²) in [6, 6.07) is 3.78. The van der Waals surface area contributed by atoms with Crippen LogP contribution >= 0.6 is 34.5 Å². The fourth-order valence-electron chi connectivity index (χ4n) is 1.29. The van der Waals surface area contributed by atoms with E-state index in [1.165, 1.54) is 0 Å². The van der Waals surface area contributed by atoms with Gasteiger partial charge in [-0.05, 0) is 12.1 Å². The first kappa shape index (κ1) is 9.97. The Hall–Kier alpha value is -0.570. The molecule has 0 aliphatic rings. The lowest BCUT2D eigenvalue weighted by Crippen LogP contribution is -2.29. The number of halogens is 2. The smallest absolute Gasteiger partial charge is 0.185 e. The zero-order chi connectivity index (χ0) is 10.1. The van der Waals surface area contributed by atoms with Crippen molar-refractivity contribution >= 4 is 44.8 Å². The third kappa shape index (κ3) is 1.65. The summed E-state index contributed by atoms with van der Waals surface area (Å²) in [6.07, 6.45) is 1.86. The molecule has 1 aromatic heterocycles. The molecule has 72 valence electrons. The van der Waals surface area contributed by atoms with Crippen LogP contribution in [-0.2, 0) is 6.54 Å². The lowest BCUT2D eigenvalue weighted by atomic mass is 10.3. The Morgan fingerprint density at radius 2 is 2.07 bits per heavy atom. The van der Waals surface area contributed by atoms with Gasteiger partial charge in [-0.1, -0.05) is 41.1 Å². The predicted octanol–water partition coefficient (Wildman–Crippen LogP) is 3.68. The van der Waals surface area contributed by atoms with E-state index in [4.69, 9.17) is 23.2 Å². The Morgan fingerprint density at radius 3 is 2.79 bits per heavy atom. The molecule has 0 bridgehead atoms. The lowest BCUT2D eigenvalue weighted by molar-refractivity contribution is -0.656. The molecule has 0 atom stereocenters. The second kappa shape index (κ2) is 3.89. The molecule has 2 aromatic rings. The number of hydrogen-bond acceptors (Lipinski definition) is 1. The molecule has 0 radical (unpaired) electrons. The second-order valence-electron chi connectivity index (χ2n) is 2.90. The van der Waals surface area contributed by atoms with Gasteiger partial charge in [0.05, 0.1) is 10.0 Å². The van der Waals surface area contributed by atoms with E-state index in [0.29, 0.717) is 10.0 Å². The van der Waals surface area contributed by atoms with Crippen molar-refractivity contribution in [1.82, 2.24) is 0 Å². The Morgan fingerprint density at radius 1 is 1.36 bits per heavy atom. The number of benzene rings is 1. The van der Waals surface area contributed by atoms with Gasteiger partial charge in [0.25, 0.3) is 0 Å². The third-order valence-corrected chi connectivity index (χ3v) is 3.61. The molecule has 0 spiro atoms. The van der Waals surface area contributed by atoms with E-state index in [0.717, 1.165) is 16.8 Å². The minimum absolute atomic E-state index is 0.593. The maximum atomic E-state index is 5.95. The molecule has 4 heteroatoms. The molecule has 0 unspecified atom stereocenters. The van der Waals surface area contributed by atoms with Crippen LogP contribution in [0.2, 0.25) is 10.0 Å². The second-order valence-corrected chi connectivity index (χ2v) is 4.60. The van der Waals surface area contributed by atoms with Crippen LogP contribution in [0.3, 0.4) is 0 Å². The summed E-state index contributed by atoms with van der Waals surface area (Å²) in [7, 11) is 0. The Kier molecular flexibility index (Phi) is 2.77. The molecule has 0 amide bonds. The molecule has 1 aromatic carbocycles. The number of fused-ring (bicyclic) bond motifs is 1. The summed E-state index contributed by atoms with van der Waals surface area (Å²) < 4.78 is 3.23. The zero-order valence-corrected chi connectivity index (χ0v) is 9.66. The van der Waals surface area contributed by atoms with Gasteiger partial charge in [-0.3, -0.25) is 0 Å². The molecule has 0 saturated carbocycles. The van der Waals surface area contributed by atoms with E-state index in [9.17, 15) is 0 Å². The number of hydrogen-bond donors (Lipinski definition) is 0. The maximum Gasteiger partial charge on any atom is 0.226 e. The standard InChI is InChI=1S/C10H8Cl2NS/c1-2-3-13-6-14-10-5-8(12)7(11)4-9(10)13/h2,4-6H,1,3H2/q+1. The van der Waals surface area contributed by atoms with Crippen molar-refractivity contribution in [1.29, 1.82) is 0 Å². The Labute approximate surface area is 96.2 Å². The van der Waals surface area contributed by atoms with E-state index in [1.807, 2.05) is 23.7 Å². The van der Waals surface area contributed by atoms with Crippen LogP contribution in [-0.4, -0.2) is 0 Å². The molecule has 14 heavy (non-hydrogen) atoms. The van der Waals surface area contributed by atoms with Crippen LogP contribution in [0.4, 0.5) is 0 Å². The molecule has 0 N–H and O–H groups in total. The summed E-state index contributed by atoms with van der Waals surface area (Å²) in [5, 5.41) is 1.20. The minimum Gasteiger partial charge on any atom is -0.185 e. The average molecular weight is 245 g/mol. The summed E-state index contributed by atoms with van der Waals surface area (Å²) in [4.78, 5) is 0. The SMILES string of the molecule is C=CC[n+]1csc2cc(Cl)c(Cl)cc21. The normalized spacial score (nSPS) is 10.7. The highest BCUT2D eigenvalue weighted by atomic mass is 35.5. The van der Waals surface area contributed by atoms with Gasteiger partial charge in [0.2, 0.25) is 11.0 Å². The first-order valence-corrected chi connectivity index (χ1v) is 5.72. The number of aromatic nitrogens is 1.